The van der Waals surface area contributed by atoms with E-state index in [9.17, 15) is 0 Å². The molecule has 0 unspecified atom stereocenters. The summed E-state index contributed by atoms with van der Waals surface area (Å²) in [6, 6.07) is 21.8. The first-order valence-corrected chi connectivity index (χ1v) is 9.16. The summed E-state index contributed by atoms with van der Waals surface area (Å²) < 4.78 is 6.33. The summed E-state index contributed by atoms with van der Waals surface area (Å²) in [5.74, 6) is 0.997. The average molecular weight is 340 g/mol. The van der Waals surface area contributed by atoms with Gasteiger partial charge in [-0.15, -0.1) is 0 Å². The molecule has 0 bridgehead atoms. The van der Waals surface area contributed by atoms with Crippen LogP contribution < -0.4 is 0 Å². The Morgan fingerprint density at radius 1 is 0.692 bits per heavy atom. The van der Waals surface area contributed by atoms with Crippen LogP contribution >= 0.6 is 0 Å². The zero-order valence-electron chi connectivity index (χ0n) is 15.9. The van der Waals surface area contributed by atoms with Gasteiger partial charge < -0.3 is 4.42 Å². The zero-order valence-corrected chi connectivity index (χ0v) is 15.9. The van der Waals surface area contributed by atoms with E-state index in [1.54, 1.807) is 0 Å². The molecule has 1 heterocycles. The van der Waals surface area contributed by atoms with E-state index in [2.05, 4.69) is 82.3 Å². The lowest BCUT2D eigenvalue weighted by Crippen LogP contribution is -1.92. The highest BCUT2D eigenvalue weighted by molar-refractivity contribution is 5.88. The van der Waals surface area contributed by atoms with Crippen molar-refractivity contribution in [2.24, 2.45) is 0 Å². The first-order chi connectivity index (χ1) is 12.5. The van der Waals surface area contributed by atoms with Gasteiger partial charge in [0.15, 0.2) is 0 Å². The lowest BCUT2D eigenvalue weighted by molar-refractivity contribution is 0.627. The summed E-state index contributed by atoms with van der Waals surface area (Å²) in [5.41, 5.74) is 9.87. The molecule has 1 nitrogen and oxygen atoms in total. The second-order valence-electron chi connectivity index (χ2n) is 7.46. The van der Waals surface area contributed by atoms with E-state index in [4.69, 9.17) is 4.42 Å². The Kier molecular flexibility index (Phi) is 4.16. The van der Waals surface area contributed by atoms with Gasteiger partial charge in [0.05, 0.1) is 0 Å². The van der Waals surface area contributed by atoms with Crippen molar-refractivity contribution in [3.63, 3.8) is 0 Å². The number of furan rings is 1. The fourth-order valence-electron chi connectivity index (χ4n) is 3.99. The van der Waals surface area contributed by atoms with E-state index < -0.39 is 0 Å². The van der Waals surface area contributed by atoms with Gasteiger partial charge in [0.1, 0.15) is 11.3 Å². The van der Waals surface area contributed by atoms with E-state index in [0.717, 1.165) is 23.3 Å². The average Bonchev–Trinajstić information content (AvgIpc) is 2.92. The number of para-hydroxylation sites is 1. The van der Waals surface area contributed by atoms with Gasteiger partial charge in [-0.05, 0) is 51.5 Å². The Balaban J connectivity index is 1.91. The Morgan fingerprint density at radius 3 is 1.92 bits per heavy atom. The summed E-state index contributed by atoms with van der Waals surface area (Å²) in [5, 5.41) is 1.21. The second-order valence-corrected chi connectivity index (χ2v) is 7.46. The molecule has 0 amide bonds. The van der Waals surface area contributed by atoms with Gasteiger partial charge in [0.25, 0.3) is 0 Å². The molecule has 0 atom stereocenters. The minimum atomic E-state index is 0.877. The van der Waals surface area contributed by atoms with Crippen molar-refractivity contribution in [2.75, 3.05) is 0 Å². The molecule has 0 radical (unpaired) electrons. The van der Waals surface area contributed by atoms with Gasteiger partial charge in [-0.3, -0.25) is 0 Å². The Bertz CT molecular complexity index is 1060. The topological polar surface area (TPSA) is 13.1 Å². The van der Waals surface area contributed by atoms with Crippen molar-refractivity contribution in [3.05, 3.63) is 94.0 Å². The third-order valence-corrected chi connectivity index (χ3v) is 4.84. The summed E-state index contributed by atoms with van der Waals surface area (Å²) in [6.07, 6.45) is 0.877. The fourth-order valence-corrected chi connectivity index (χ4v) is 3.99. The maximum Gasteiger partial charge on any atom is 0.138 e. The summed E-state index contributed by atoms with van der Waals surface area (Å²) >= 11 is 0. The van der Waals surface area contributed by atoms with Crippen molar-refractivity contribution in [2.45, 2.75) is 34.1 Å². The van der Waals surface area contributed by atoms with E-state index in [1.807, 2.05) is 6.07 Å². The molecule has 0 fully saturated rings. The van der Waals surface area contributed by atoms with Crippen LogP contribution in [0.5, 0.6) is 0 Å². The molecule has 0 aliphatic rings. The maximum absolute atomic E-state index is 6.33. The normalized spacial score (nSPS) is 11.2. The highest BCUT2D eigenvalue weighted by atomic mass is 16.3. The zero-order chi connectivity index (χ0) is 18.3. The Hall–Kier alpha value is -2.80. The van der Waals surface area contributed by atoms with Crippen LogP contribution in [0.3, 0.4) is 0 Å². The van der Waals surface area contributed by atoms with Gasteiger partial charge in [-0.25, -0.2) is 0 Å². The SMILES string of the molecule is Cc1cc(C)cc(Cc2c(-c3cc(C)cc(C)c3)oc3ccccc23)c1. The first kappa shape index (κ1) is 16.7. The highest BCUT2D eigenvalue weighted by Crippen LogP contribution is 2.36. The molecule has 0 saturated heterocycles. The van der Waals surface area contributed by atoms with Crippen molar-refractivity contribution in [1.29, 1.82) is 0 Å². The van der Waals surface area contributed by atoms with E-state index in [1.165, 1.54) is 38.8 Å². The Labute approximate surface area is 155 Å². The van der Waals surface area contributed by atoms with E-state index in [-0.39, 0.29) is 0 Å². The van der Waals surface area contributed by atoms with Gasteiger partial charge >= 0.3 is 0 Å². The van der Waals surface area contributed by atoms with Crippen LogP contribution in [-0.4, -0.2) is 0 Å². The van der Waals surface area contributed by atoms with E-state index in [0.29, 0.717) is 0 Å². The molecule has 26 heavy (non-hydrogen) atoms. The summed E-state index contributed by atoms with van der Waals surface area (Å²) in [6.45, 7) is 8.61. The molecular weight excluding hydrogens is 316 g/mol. The van der Waals surface area contributed by atoms with Gasteiger partial charge in [0, 0.05) is 22.9 Å². The quantitative estimate of drug-likeness (QED) is 0.394. The van der Waals surface area contributed by atoms with Crippen LogP contribution in [-0.2, 0) is 6.42 Å². The van der Waals surface area contributed by atoms with Crippen LogP contribution in [0.1, 0.15) is 33.4 Å². The van der Waals surface area contributed by atoms with Crippen LogP contribution in [0.2, 0.25) is 0 Å². The number of hydrogen-bond acceptors (Lipinski definition) is 1. The van der Waals surface area contributed by atoms with Crippen molar-refractivity contribution < 1.29 is 4.42 Å². The largest absolute Gasteiger partial charge is 0.456 e. The standard InChI is InChI=1S/C25H24O/c1-16-9-17(2)12-20(11-16)15-23-22-7-5-6-8-24(22)26-25(23)21-13-18(3)10-19(4)14-21/h5-14H,15H2,1-4H3. The summed E-state index contributed by atoms with van der Waals surface area (Å²) in [7, 11) is 0. The predicted octanol–water partition coefficient (Wildman–Crippen LogP) is 6.92. The number of fused-ring (bicyclic) bond motifs is 1. The molecule has 130 valence electrons. The minimum Gasteiger partial charge on any atom is -0.456 e. The summed E-state index contributed by atoms with van der Waals surface area (Å²) in [4.78, 5) is 0. The smallest absolute Gasteiger partial charge is 0.138 e. The number of aryl methyl sites for hydroxylation is 4. The van der Waals surface area contributed by atoms with Crippen molar-refractivity contribution in [3.8, 4) is 11.3 Å². The molecule has 0 aliphatic carbocycles. The molecule has 3 aromatic carbocycles. The highest BCUT2D eigenvalue weighted by Gasteiger charge is 2.17. The van der Waals surface area contributed by atoms with Gasteiger partial charge in [0.2, 0.25) is 0 Å². The monoisotopic (exact) mass is 340 g/mol. The molecule has 0 spiro atoms. The maximum atomic E-state index is 6.33. The lowest BCUT2D eigenvalue weighted by Gasteiger charge is -2.08. The Morgan fingerprint density at radius 2 is 1.27 bits per heavy atom. The van der Waals surface area contributed by atoms with Crippen LogP contribution in [0, 0.1) is 27.7 Å². The number of benzene rings is 3. The molecule has 1 aromatic heterocycles. The lowest BCUT2D eigenvalue weighted by atomic mass is 9.95. The van der Waals surface area contributed by atoms with Crippen LogP contribution in [0.4, 0.5) is 0 Å². The third kappa shape index (κ3) is 3.17. The van der Waals surface area contributed by atoms with Gasteiger partial charge in [-0.1, -0.05) is 64.7 Å². The minimum absolute atomic E-state index is 0.877. The van der Waals surface area contributed by atoms with E-state index >= 15 is 0 Å². The number of hydrogen-bond donors (Lipinski definition) is 0. The van der Waals surface area contributed by atoms with Crippen molar-refractivity contribution >= 4 is 11.0 Å². The number of rotatable bonds is 3. The molecule has 1 heteroatoms. The molecule has 0 aliphatic heterocycles. The van der Waals surface area contributed by atoms with Crippen molar-refractivity contribution in [1.82, 2.24) is 0 Å². The molecular formula is C25H24O. The molecule has 4 rings (SSSR count). The second kappa shape index (κ2) is 6.49. The molecule has 4 aromatic rings. The first-order valence-electron chi connectivity index (χ1n) is 9.16. The third-order valence-electron chi connectivity index (χ3n) is 4.84. The predicted molar refractivity (Wildman–Crippen MR) is 110 cm³/mol. The van der Waals surface area contributed by atoms with Crippen LogP contribution in [0.25, 0.3) is 22.3 Å². The molecule has 0 N–H and O–H groups in total. The fraction of sp³-hybridized carbons (Fsp3) is 0.200. The van der Waals surface area contributed by atoms with Crippen LogP contribution in [0.15, 0.2) is 65.1 Å². The van der Waals surface area contributed by atoms with Gasteiger partial charge in [-0.2, -0.15) is 0 Å². The molecule has 0 saturated carbocycles.